The Morgan fingerprint density at radius 3 is 2.85 bits per heavy atom. The van der Waals surface area contributed by atoms with Crippen molar-refractivity contribution in [2.45, 2.75) is 40.7 Å². The zero-order valence-electron chi connectivity index (χ0n) is 13.4. The molecule has 2 rings (SSSR count). The van der Waals surface area contributed by atoms with Crippen molar-refractivity contribution >= 4 is 5.82 Å². The van der Waals surface area contributed by atoms with Gasteiger partial charge in [0.05, 0.1) is 0 Å². The molecule has 0 aliphatic carbocycles. The number of aromatic nitrogens is 1. The van der Waals surface area contributed by atoms with Crippen molar-refractivity contribution in [2.24, 2.45) is 17.8 Å². The van der Waals surface area contributed by atoms with E-state index >= 15 is 0 Å². The Balaban J connectivity index is 2.03. The third-order valence-corrected chi connectivity index (χ3v) is 4.37. The van der Waals surface area contributed by atoms with Gasteiger partial charge in [-0.25, -0.2) is 4.98 Å². The fourth-order valence-electron chi connectivity index (χ4n) is 2.80. The molecule has 20 heavy (non-hydrogen) atoms. The van der Waals surface area contributed by atoms with E-state index in [-0.39, 0.29) is 0 Å². The normalized spacial score (nSPS) is 23.4. The highest BCUT2D eigenvalue weighted by Crippen LogP contribution is 2.27. The Morgan fingerprint density at radius 2 is 2.15 bits per heavy atom. The van der Waals surface area contributed by atoms with Gasteiger partial charge in [-0.1, -0.05) is 33.8 Å². The first-order valence-corrected chi connectivity index (χ1v) is 7.97. The van der Waals surface area contributed by atoms with Crippen LogP contribution in [0, 0.1) is 17.8 Å². The average Bonchev–Trinajstić information content (AvgIpc) is 2.42. The summed E-state index contributed by atoms with van der Waals surface area (Å²) in [6.45, 7) is 13.5. The number of hydrogen-bond acceptors (Lipinski definition) is 3. The van der Waals surface area contributed by atoms with Gasteiger partial charge in [0.2, 0.25) is 0 Å². The quantitative estimate of drug-likeness (QED) is 0.893. The fraction of sp³-hybridized carbons (Fsp3) is 0.706. The Bertz CT molecular complexity index is 416. The second kappa shape index (κ2) is 7.07. The van der Waals surface area contributed by atoms with Crippen LogP contribution in [0.1, 0.15) is 39.7 Å². The maximum absolute atomic E-state index is 4.65. The second-order valence-corrected chi connectivity index (χ2v) is 6.70. The van der Waals surface area contributed by atoms with Crippen LogP contribution in [-0.4, -0.2) is 24.6 Å². The standard InChI is InChI=1S/C17H29N3/c1-13(2)10-18-11-16-6-5-8-19-17(16)20-9-7-14(3)15(4)12-20/h5-6,8,13-15,18H,7,9-12H2,1-4H3. The van der Waals surface area contributed by atoms with Gasteiger partial charge in [-0.05, 0) is 36.8 Å². The highest BCUT2D eigenvalue weighted by Gasteiger charge is 2.24. The van der Waals surface area contributed by atoms with Crippen LogP contribution in [0.5, 0.6) is 0 Å². The highest BCUT2D eigenvalue weighted by molar-refractivity contribution is 5.47. The largest absolute Gasteiger partial charge is 0.356 e. The molecule has 1 aliphatic rings. The minimum atomic E-state index is 0.686. The highest BCUT2D eigenvalue weighted by atomic mass is 15.2. The molecule has 0 spiro atoms. The number of anilines is 1. The van der Waals surface area contributed by atoms with Gasteiger partial charge < -0.3 is 10.2 Å². The third-order valence-electron chi connectivity index (χ3n) is 4.37. The Morgan fingerprint density at radius 1 is 1.35 bits per heavy atom. The predicted molar refractivity (Wildman–Crippen MR) is 85.9 cm³/mol. The van der Waals surface area contributed by atoms with Crippen LogP contribution in [0.2, 0.25) is 0 Å². The molecule has 1 fully saturated rings. The van der Waals surface area contributed by atoms with E-state index in [0.29, 0.717) is 5.92 Å². The van der Waals surface area contributed by atoms with Gasteiger partial charge in [0.1, 0.15) is 5.82 Å². The van der Waals surface area contributed by atoms with Crippen molar-refractivity contribution in [3.63, 3.8) is 0 Å². The van der Waals surface area contributed by atoms with Crippen molar-refractivity contribution < 1.29 is 0 Å². The maximum atomic E-state index is 4.65. The van der Waals surface area contributed by atoms with Crippen LogP contribution in [0.15, 0.2) is 18.3 Å². The minimum absolute atomic E-state index is 0.686. The summed E-state index contributed by atoms with van der Waals surface area (Å²) in [7, 11) is 0. The van der Waals surface area contributed by atoms with Gasteiger partial charge in [0, 0.05) is 31.4 Å². The monoisotopic (exact) mass is 275 g/mol. The molecule has 2 atom stereocenters. The fourth-order valence-corrected chi connectivity index (χ4v) is 2.80. The van der Waals surface area contributed by atoms with Crippen molar-refractivity contribution in [1.29, 1.82) is 0 Å². The van der Waals surface area contributed by atoms with Gasteiger partial charge in [-0.2, -0.15) is 0 Å². The molecule has 0 saturated carbocycles. The molecule has 0 radical (unpaired) electrons. The predicted octanol–water partition coefficient (Wildman–Crippen LogP) is 3.31. The Hall–Kier alpha value is -1.09. The molecule has 0 amide bonds. The number of pyridine rings is 1. The topological polar surface area (TPSA) is 28.2 Å². The molecule has 1 saturated heterocycles. The average molecular weight is 275 g/mol. The maximum Gasteiger partial charge on any atom is 0.133 e. The summed E-state index contributed by atoms with van der Waals surface area (Å²) in [6, 6.07) is 4.25. The summed E-state index contributed by atoms with van der Waals surface area (Å²) < 4.78 is 0. The molecule has 1 aromatic heterocycles. The lowest BCUT2D eigenvalue weighted by molar-refractivity contribution is 0.322. The summed E-state index contributed by atoms with van der Waals surface area (Å²) in [6.07, 6.45) is 3.20. The zero-order valence-corrected chi connectivity index (χ0v) is 13.4. The van der Waals surface area contributed by atoms with Crippen LogP contribution in [0.25, 0.3) is 0 Å². The molecule has 0 bridgehead atoms. The van der Waals surface area contributed by atoms with Crippen molar-refractivity contribution in [1.82, 2.24) is 10.3 Å². The first kappa shape index (κ1) is 15.3. The first-order chi connectivity index (χ1) is 9.58. The van der Waals surface area contributed by atoms with Crippen LogP contribution >= 0.6 is 0 Å². The van der Waals surface area contributed by atoms with Crippen molar-refractivity contribution in [3.05, 3.63) is 23.9 Å². The lowest BCUT2D eigenvalue weighted by Gasteiger charge is -2.37. The SMILES string of the molecule is CC(C)CNCc1cccnc1N1CCC(C)C(C)C1. The number of rotatable bonds is 5. The zero-order chi connectivity index (χ0) is 14.5. The molecule has 3 heteroatoms. The molecular weight excluding hydrogens is 246 g/mol. The summed E-state index contributed by atoms with van der Waals surface area (Å²) in [5.41, 5.74) is 1.33. The van der Waals surface area contributed by atoms with E-state index in [4.69, 9.17) is 0 Å². The molecule has 1 N–H and O–H groups in total. The van der Waals surface area contributed by atoms with Crippen LogP contribution in [0.3, 0.4) is 0 Å². The Labute approximate surface area is 123 Å². The van der Waals surface area contributed by atoms with E-state index in [0.717, 1.165) is 38.0 Å². The van der Waals surface area contributed by atoms with Crippen molar-refractivity contribution in [2.75, 3.05) is 24.5 Å². The van der Waals surface area contributed by atoms with E-state index in [1.54, 1.807) is 0 Å². The lowest BCUT2D eigenvalue weighted by Crippen LogP contribution is -2.39. The van der Waals surface area contributed by atoms with Gasteiger partial charge >= 0.3 is 0 Å². The first-order valence-electron chi connectivity index (χ1n) is 7.97. The van der Waals surface area contributed by atoms with Gasteiger partial charge in [-0.15, -0.1) is 0 Å². The second-order valence-electron chi connectivity index (χ2n) is 6.70. The van der Waals surface area contributed by atoms with Crippen LogP contribution in [0.4, 0.5) is 5.82 Å². The summed E-state index contributed by atoms with van der Waals surface area (Å²) >= 11 is 0. The molecular formula is C17H29N3. The Kier molecular flexibility index (Phi) is 5.41. The van der Waals surface area contributed by atoms with E-state index in [1.165, 1.54) is 17.8 Å². The third kappa shape index (κ3) is 3.95. The molecule has 0 aromatic carbocycles. The smallest absolute Gasteiger partial charge is 0.133 e. The van der Waals surface area contributed by atoms with Crippen LogP contribution in [-0.2, 0) is 6.54 Å². The summed E-state index contributed by atoms with van der Waals surface area (Å²) in [4.78, 5) is 7.11. The number of hydrogen-bond donors (Lipinski definition) is 1. The van der Waals surface area contributed by atoms with E-state index in [9.17, 15) is 0 Å². The molecule has 2 heterocycles. The number of nitrogens with one attached hydrogen (secondary N) is 1. The lowest BCUT2D eigenvalue weighted by atomic mass is 9.88. The molecule has 112 valence electrons. The van der Waals surface area contributed by atoms with E-state index in [2.05, 4.69) is 49.0 Å². The van der Waals surface area contributed by atoms with E-state index < -0.39 is 0 Å². The van der Waals surface area contributed by atoms with E-state index in [1.807, 2.05) is 12.3 Å². The molecule has 1 aromatic rings. The minimum Gasteiger partial charge on any atom is -0.356 e. The molecule has 2 unspecified atom stereocenters. The van der Waals surface area contributed by atoms with Crippen LogP contribution < -0.4 is 10.2 Å². The van der Waals surface area contributed by atoms with Crippen molar-refractivity contribution in [3.8, 4) is 0 Å². The summed E-state index contributed by atoms with van der Waals surface area (Å²) in [5.74, 6) is 3.45. The molecule has 3 nitrogen and oxygen atoms in total. The van der Waals surface area contributed by atoms with Gasteiger partial charge in [0.15, 0.2) is 0 Å². The number of piperidine rings is 1. The van der Waals surface area contributed by atoms with Gasteiger partial charge in [-0.3, -0.25) is 0 Å². The summed E-state index contributed by atoms with van der Waals surface area (Å²) in [5, 5.41) is 3.53. The molecule has 1 aliphatic heterocycles. The number of nitrogens with zero attached hydrogens (tertiary/aromatic N) is 2. The van der Waals surface area contributed by atoms with Gasteiger partial charge in [0.25, 0.3) is 0 Å².